The van der Waals surface area contributed by atoms with Crippen molar-refractivity contribution in [2.75, 3.05) is 37.8 Å². The van der Waals surface area contributed by atoms with Gasteiger partial charge in [-0.2, -0.15) is 0 Å². The average Bonchev–Trinajstić information content (AvgIpc) is 3.29. The van der Waals surface area contributed by atoms with Crippen LogP contribution in [0.5, 0.6) is 0 Å². The van der Waals surface area contributed by atoms with Gasteiger partial charge in [-0.3, -0.25) is 14.9 Å². The van der Waals surface area contributed by atoms with Crippen LogP contribution in [0.25, 0.3) is 11.0 Å². The lowest BCUT2D eigenvalue weighted by molar-refractivity contribution is -0.134. The molecule has 2 fully saturated rings. The van der Waals surface area contributed by atoms with Crippen molar-refractivity contribution in [1.82, 2.24) is 24.7 Å². The van der Waals surface area contributed by atoms with Crippen LogP contribution in [-0.4, -0.2) is 75.0 Å². The number of carbonyl (C=O) groups is 2. The number of hydrogen-bond donors (Lipinski definition) is 1. The maximum Gasteiger partial charge on any atom is 0.254 e. The highest BCUT2D eigenvalue weighted by Crippen LogP contribution is 2.19. The van der Waals surface area contributed by atoms with E-state index in [0.29, 0.717) is 31.7 Å². The van der Waals surface area contributed by atoms with Gasteiger partial charge in [-0.25, -0.2) is 4.98 Å². The van der Waals surface area contributed by atoms with Gasteiger partial charge in [-0.05, 0) is 25.1 Å². The predicted molar refractivity (Wildman–Crippen MR) is 102 cm³/mol. The second kappa shape index (κ2) is 6.92. The lowest BCUT2D eigenvalue weighted by atomic mass is 10.1. The normalized spacial score (nSPS) is 20.8. The molecule has 0 bridgehead atoms. The van der Waals surface area contributed by atoms with Crippen molar-refractivity contribution in [3.63, 3.8) is 0 Å². The van der Waals surface area contributed by atoms with Crippen molar-refractivity contribution in [3.05, 3.63) is 29.6 Å². The summed E-state index contributed by atoms with van der Waals surface area (Å²) in [6.45, 7) is 4.29. The molecular weight excluding hydrogens is 350 g/mol. The van der Waals surface area contributed by atoms with Gasteiger partial charge >= 0.3 is 0 Å². The molecule has 1 unspecified atom stereocenters. The SMILES string of the molecule is Cc1nc2cc(C(=O)N3CCN(C(=O)C4CSCN4)CC3)ccc2n1C. The molecule has 0 aliphatic carbocycles. The molecule has 3 heterocycles. The number of nitrogens with one attached hydrogen (secondary N) is 1. The van der Waals surface area contributed by atoms with Crippen molar-refractivity contribution in [1.29, 1.82) is 0 Å². The van der Waals surface area contributed by atoms with Crippen LogP contribution < -0.4 is 5.32 Å². The van der Waals surface area contributed by atoms with Crippen LogP contribution in [0, 0.1) is 6.92 Å². The number of hydrogen-bond acceptors (Lipinski definition) is 5. The van der Waals surface area contributed by atoms with Gasteiger partial charge in [0.25, 0.3) is 5.91 Å². The fraction of sp³-hybridized carbons (Fsp3) is 0.500. The molecule has 2 aliphatic heterocycles. The summed E-state index contributed by atoms with van der Waals surface area (Å²) in [5.41, 5.74) is 2.52. The van der Waals surface area contributed by atoms with E-state index in [9.17, 15) is 9.59 Å². The van der Waals surface area contributed by atoms with E-state index in [1.54, 1.807) is 11.8 Å². The largest absolute Gasteiger partial charge is 0.338 e. The third kappa shape index (κ3) is 3.07. The van der Waals surface area contributed by atoms with Gasteiger partial charge in [-0.15, -0.1) is 11.8 Å². The zero-order chi connectivity index (χ0) is 18.3. The van der Waals surface area contributed by atoms with E-state index in [-0.39, 0.29) is 17.9 Å². The molecule has 26 heavy (non-hydrogen) atoms. The molecule has 0 saturated carbocycles. The van der Waals surface area contributed by atoms with Gasteiger partial charge in [0.2, 0.25) is 5.91 Å². The third-order valence-corrected chi connectivity index (χ3v) is 6.18. The Morgan fingerprint density at radius 1 is 1.19 bits per heavy atom. The summed E-state index contributed by atoms with van der Waals surface area (Å²) in [7, 11) is 1.97. The summed E-state index contributed by atoms with van der Waals surface area (Å²) in [6.07, 6.45) is 0. The number of imidazole rings is 1. The zero-order valence-electron chi connectivity index (χ0n) is 15.1. The summed E-state index contributed by atoms with van der Waals surface area (Å²) in [5.74, 6) is 2.77. The Hall–Kier alpha value is -2.06. The third-order valence-electron chi connectivity index (χ3n) is 5.24. The first-order valence-electron chi connectivity index (χ1n) is 8.87. The topological polar surface area (TPSA) is 70.5 Å². The van der Waals surface area contributed by atoms with Crippen molar-refractivity contribution in [3.8, 4) is 0 Å². The van der Waals surface area contributed by atoms with E-state index >= 15 is 0 Å². The molecule has 7 nitrogen and oxygen atoms in total. The van der Waals surface area contributed by atoms with Gasteiger partial charge < -0.3 is 14.4 Å². The predicted octanol–water partition coefficient (Wildman–Crippen LogP) is 0.829. The number of piperazine rings is 1. The number of aryl methyl sites for hydroxylation is 2. The molecule has 0 radical (unpaired) electrons. The van der Waals surface area contributed by atoms with Crippen molar-refractivity contribution < 1.29 is 9.59 Å². The molecule has 0 spiro atoms. The minimum absolute atomic E-state index is 0.0110. The fourth-order valence-electron chi connectivity index (χ4n) is 3.54. The van der Waals surface area contributed by atoms with Crippen LogP contribution >= 0.6 is 11.8 Å². The Bertz CT molecular complexity index is 851. The van der Waals surface area contributed by atoms with Crippen molar-refractivity contribution >= 4 is 34.6 Å². The van der Waals surface area contributed by atoms with Gasteiger partial charge in [0, 0.05) is 50.4 Å². The lowest BCUT2D eigenvalue weighted by Crippen LogP contribution is -2.54. The zero-order valence-corrected chi connectivity index (χ0v) is 15.9. The number of fused-ring (bicyclic) bond motifs is 1. The van der Waals surface area contributed by atoms with E-state index in [2.05, 4.69) is 10.3 Å². The van der Waals surface area contributed by atoms with Gasteiger partial charge in [0.15, 0.2) is 0 Å². The average molecular weight is 373 g/mol. The number of thioether (sulfide) groups is 1. The summed E-state index contributed by atoms with van der Waals surface area (Å²) < 4.78 is 2.02. The quantitative estimate of drug-likeness (QED) is 0.844. The molecule has 8 heteroatoms. The van der Waals surface area contributed by atoms with Crippen LogP contribution in [-0.2, 0) is 11.8 Å². The van der Waals surface area contributed by atoms with Gasteiger partial charge in [-0.1, -0.05) is 0 Å². The van der Waals surface area contributed by atoms with Crippen LogP contribution in [0.15, 0.2) is 18.2 Å². The van der Waals surface area contributed by atoms with E-state index in [1.807, 2.05) is 46.5 Å². The molecule has 1 aromatic heterocycles. The smallest absolute Gasteiger partial charge is 0.254 e. The number of benzene rings is 1. The molecule has 138 valence electrons. The van der Waals surface area contributed by atoms with Gasteiger partial charge in [0.05, 0.1) is 17.1 Å². The van der Waals surface area contributed by atoms with Crippen molar-refractivity contribution in [2.24, 2.45) is 7.05 Å². The van der Waals surface area contributed by atoms with Crippen LogP contribution in [0.4, 0.5) is 0 Å². The van der Waals surface area contributed by atoms with Gasteiger partial charge in [0.1, 0.15) is 5.82 Å². The van der Waals surface area contributed by atoms with Crippen LogP contribution in [0.3, 0.4) is 0 Å². The Morgan fingerprint density at radius 2 is 1.92 bits per heavy atom. The Labute approximate surface area is 156 Å². The number of rotatable bonds is 2. The molecule has 4 rings (SSSR count). The highest BCUT2D eigenvalue weighted by atomic mass is 32.2. The number of carbonyl (C=O) groups excluding carboxylic acids is 2. The minimum Gasteiger partial charge on any atom is -0.338 e. The van der Waals surface area contributed by atoms with E-state index in [0.717, 1.165) is 28.5 Å². The molecule has 1 aromatic carbocycles. The highest BCUT2D eigenvalue weighted by Gasteiger charge is 2.30. The Kier molecular flexibility index (Phi) is 4.62. The maximum absolute atomic E-state index is 12.8. The molecule has 2 saturated heterocycles. The summed E-state index contributed by atoms with van der Waals surface area (Å²) >= 11 is 1.75. The first-order chi connectivity index (χ1) is 12.5. The Morgan fingerprint density at radius 3 is 2.62 bits per heavy atom. The Balaban J connectivity index is 1.42. The summed E-state index contributed by atoms with van der Waals surface area (Å²) in [4.78, 5) is 33.5. The fourth-order valence-corrected chi connectivity index (χ4v) is 4.47. The monoisotopic (exact) mass is 373 g/mol. The number of amides is 2. The lowest BCUT2D eigenvalue weighted by Gasteiger charge is -2.36. The minimum atomic E-state index is -0.0722. The molecule has 1 N–H and O–H groups in total. The first kappa shape index (κ1) is 17.4. The molecule has 1 atom stereocenters. The number of nitrogens with zero attached hydrogens (tertiary/aromatic N) is 4. The van der Waals surface area contributed by atoms with Crippen molar-refractivity contribution in [2.45, 2.75) is 13.0 Å². The number of aromatic nitrogens is 2. The van der Waals surface area contributed by atoms with E-state index < -0.39 is 0 Å². The highest BCUT2D eigenvalue weighted by molar-refractivity contribution is 7.99. The summed E-state index contributed by atoms with van der Waals surface area (Å²) in [5, 5.41) is 3.22. The molecule has 2 amide bonds. The second-order valence-electron chi connectivity index (χ2n) is 6.81. The molecular formula is C18H23N5O2S. The molecule has 2 aromatic rings. The first-order valence-corrected chi connectivity index (χ1v) is 10.0. The second-order valence-corrected chi connectivity index (χ2v) is 7.84. The standard InChI is InChI=1S/C18H23N5O2S/c1-12-20-14-9-13(3-4-16(14)21(12)2)17(24)22-5-7-23(8-6-22)18(25)15-10-26-11-19-15/h3-4,9,15,19H,5-8,10-11H2,1-2H3. The van der Waals surface area contributed by atoms with Crippen LogP contribution in [0.2, 0.25) is 0 Å². The maximum atomic E-state index is 12.8. The van der Waals surface area contributed by atoms with Crippen LogP contribution in [0.1, 0.15) is 16.2 Å². The molecule has 2 aliphatic rings. The summed E-state index contributed by atoms with van der Waals surface area (Å²) in [6, 6.07) is 5.61. The van der Waals surface area contributed by atoms with E-state index in [4.69, 9.17) is 0 Å². The van der Waals surface area contributed by atoms with E-state index in [1.165, 1.54) is 0 Å².